The van der Waals surface area contributed by atoms with Gasteiger partial charge < -0.3 is 9.47 Å². The van der Waals surface area contributed by atoms with E-state index in [2.05, 4.69) is 60.8 Å². The van der Waals surface area contributed by atoms with E-state index in [1.807, 2.05) is 0 Å². The summed E-state index contributed by atoms with van der Waals surface area (Å²) in [5.74, 6) is 2.17. The minimum atomic E-state index is -0.569. The summed E-state index contributed by atoms with van der Waals surface area (Å²) >= 11 is 0. The van der Waals surface area contributed by atoms with Crippen molar-refractivity contribution in [2.24, 2.45) is 45.3 Å². The molecule has 8 atom stereocenters. The number of hydrogen-bond acceptors (Lipinski definition) is 4. The minimum Gasteiger partial charge on any atom is -0.356 e. The molecule has 0 radical (unpaired) electrons. The Morgan fingerprint density at radius 2 is 1.42 bits per heavy atom. The van der Waals surface area contributed by atoms with E-state index in [0.717, 1.165) is 50.2 Å². The highest BCUT2D eigenvalue weighted by Gasteiger charge is 2.54. The molecular weight excluding hydrogens is 556 g/mol. The number of methoxy groups -OCH3 is 1. The van der Waals surface area contributed by atoms with Crippen molar-refractivity contribution < 1.29 is 19.1 Å². The molecule has 8 unspecified atom stereocenters. The molecule has 5 aliphatic rings. The quantitative estimate of drug-likeness (QED) is 0.100. The Labute approximate surface area is 274 Å². The van der Waals surface area contributed by atoms with Crippen molar-refractivity contribution >= 4 is 12.6 Å². The van der Waals surface area contributed by atoms with E-state index in [1.54, 1.807) is 7.11 Å². The second-order valence-corrected chi connectivity index (χ2v) is 17.5. The molecule has 4 saturated carbocycles. The third-order valence-electron chi connectivity index (χ3n) is 14.2. The van der Waals surface area contributed by atoms with Crippen LogP contribution in [0, 0.1) is 45.3 Å². The summed E-state index contributed by atoms with van der Waals surface area (Å²) in [6, 6.07) is 0. The Morgan fingerprint density at radius 3 is 1.96 bits per heavy atom. The van der Waals surface area contributed by atoms with Crippen molar-refractivity contribution in [3.05, 3.63) is 47.1 Å². The first-order valence-electron chi connectivity index (χ1n) is 18.0. The molecule has 0 saturated heterocycles. The molecule has 0 aromatic carbocycles. The van der Waals surface area contributed by atoms with Gasteiger partial charge >= 0.3 is 0 Å². The van der Waals surface area contributed by atoms with Gasteiger partial charge in [-0.1, -0.05) is 90.3 Å². The fourth-order valence-corrected chi connectivity index (χ4v) is 11.6. The third-order valence-corrected chi connectivity index (χ3v) is 14.2. The van der Waals surface area contributed by atoms with Crippen molar-refractivity contribution in [1.29, 1.82) is 0 Å². The van der Waals surface area contributed by atoms with Crippen LogP contribution in [0.2, 0.25) is 0 Å². The van der Waals surface area contributed by atoms with Crippen LogP contribution in [0.15, 0.2) is 47.1 Å². The molecule has 5 rings (SSSR count). The summed E-state index contributed by atoms with van der Waals surface area (Å²) in [4.78, 5) is 24.7. The molecule has 0 aromatic rings. The Balaban J connectivity index is 1.24. The van der Waals surface area contributed by atoms with Gasteiger partial charge in [-0.15, -0.1) is 0 Å². The molecule has 0 heterocycles. The van der Waals surface area contributed by atoms with E-state index in [-0.39, 0.29) is 16.9 Å². The lowest BCUT2D eigenvalue weighted by Crippen LogP contribution is -2.50. The lowest BCUT2D eigenvalue weighted by atomic mass is 9.46. The molecule has 4 nitrogen and oxygen atoms in total. The molecule has 0 N–H and O–H groups in total. The summed E-state index contributed by atoms with van der Waals surface area (Å²) in [6.45, 7) is 23.8. The molecule has 250 valence electrons. The summed E-state index contributed by atoms with van der Waals surface area (Å²) in [5.41, 5.74) is 6.57. The van der Waals surface area contributed by atoms with Gasteiger partial charge in [-0.2, -0.15) is 0 Å². The number of carbonyl (C=O) groups excluding carboxylic acids is 2. The van der Waals surface area contributed by atoms with Gasteiger partial charge in [0.2, 0.25) is 0 Å². The van der Waals surface area contributed by atoms with Crippen LogP contribution in [-0.4, -0.2) is 32.1 Å². The van der Waals surface area contributed by atoms with Crippen LogP contribution in [0.3, 0.4) is 0 Å². The number of rotatable bonds is 11. The van der Waals surface area contributed by atoms with Crippen LogP contribution >= 0.6 is 0 Å². The number of aldehydes is 2. The van der Waals surface area contributed by atoms with Crippen molar-refractivity contribution in [3.63, 3.8) is 0 Å². The SMILES string of the molecule is C=C1CCC2C(C)(C)CCCC2(C)C1CC=C(C=O)CC(OC)OC1CC(CC2C(=C)CCC3C(C)(C)CCCC23C)=C1C=O. The zero-order valence-corrected chi connectivity index (χ0v) is 29.6. The number of fused-ring (bicyclic) bond motifs is 2. The first-order valence-corrected chi connectivity index (χ1v) is 18.0. The molecule has 0 aliphatic heterocycles. The standard InChI is InChI=1S/C41H62O4/c1-27-12-16-35-38(3,4)18-10-20-40(35,7)32(27)15-14-29(25-42)22-37(44-9)45-34-24-30(31(34)26-43)23-33-28(2)13-17-36-39(5,6)19-11-21-41(33,36)8/h14,25-26,32-37H,1-2,10-13,15-24H2,3-9H3. The van der Waals surface area contributed by atoms with Crippen molar-refractivity contribution in [3.8, 4) is 0 Å². The zero-order valence-electron chi connectivity index (χ0n) is 29.6. The predicted octanol–water partition coefficient (Wildman–Crippen LogP) is 10.1. The van der Waals surface area contributed by atoms with Crippen molar-refractivity contribution in [2.45, 2.75) is 144 Å². The molecular formula is C41H62O4. The number of carbonyl (C=O) groups is 2. The molecule has 4 heteroatoms. The summed E-state index contributed by atoms with van der Waals surface area (Å²) in [5, 5.41) is 0. The van der Waals surface area contributed by atoms with E-state index in [4.69, 9.17) is 9.47 Å². The van der Waals surface area contributed by atoms with Crippen LogP contribution in [-0.2, 0) is 19.1 Å². The largest absolute Gasteiger partial charge is 0.356 e. The number of allylic oxidation sites excluding steroid dienone is 3. The topological polar surface area (TPSA) is 52.6 Å². The van der Waals surface area contributed by atoms with Gasteiger partial charge in [0.15, 0.2) is 6.29 Å². The van der Waals surface area contributed by atoms with E-state index in [9.17, 15) is 9.59 Å². The lowest BCUT2D eigenvalue weighted by molar-refractivity contribution is -0.152. The zero-order chi connectivity index (χ0) is 32.8. The second-order valence-electron chi connectivity index (χ2n) is 17.5. The van der Waals surface area contributed by atoms with Crippen LogP contribution < -0.4 is 0 Å². The fraction of sp³-hybridized carbons (Fsp3) is 0.756. The second kappa shape index (κ2) is 13.0. The van der Waals surface area contributed by atoms with Crippen molar-refractivity contribution in [1.82, 2.24) is 0 Å². The Hall–Kier alpha value is -1.78. The average molecular weight is 619 g/mol. The molecule has 0 amide bonds. The Kier molecular flexibility index (Phi) is 10.00. The molecule has 0 spiro atoms. The normalized spacial score (nSPS) is 38.6. The van der Waals surface area contributed by atoms with E-state index < -0.39 is 6.29 Å². The molecule has 4 fully saturated rings. The van der Waals surface area contributed by atoms with E-state index in [1.165, 1.54) is 68.1 Å². The summed E-state index contributed by atoms with van der Waals surface area (Å²) < 4.78 is 12.1. The molecule has 0 bridgehead atoms. The highest BCUT2D eigenvalue weighted by Crippen LogP contribution is 2.63. The Bertz CT molecular complexity index is 1230. The average Bonchev–Trinajstić information content (AvgIpc) is 2.95. The van der Waals surface area contributed by atoms with Gasteiger partial charge in [0.05, 0.1) is 6.10 Å². The molecule has 0 aromatic heterocycles. The van der Waals surface area contributed by atoms with Gasteiger partial charge in [0.25, 0.3) is 0 Å². The van der Waals surface area contributed by atoms with Crippen LogP contribution in [0.5, 0.6) is 0 Å². The Morgan fingerprint density at radius 1 is 0.867 bits per heavy atom. The van der Waals surface area contributed by atoms with Crippen LogP contribution in [0.1, 0.15) is 131 Å². The smallest absolute Gasteiger partial charge is 0.162 e. The van der Waals surface area contributed by atoms with Gasteiger partial charge in [0.1, 0.15) is 12.6 Å². The molecule has 45 heavy (non-hydrogen) atoms. The van der Waals surface area contributed by atoms with E-state index in [0.29, 0.717) is 46.5 Å². The minimum absolute atomic E-state index is 0.221. The van der Waals surface area contributed by atoms with Crippen molar-refractivity contribution in [2.75, 3.05) is 7.11 Å². The predicted molar refractivity (Wildman–Crippen MR) is 184 cm³/mol. The van der Waals surface area contributed by atoms with Gasteiger partial charge in [-0.05, 0) is 122 Å². The highest BCUT2D eigenvalue weighted by atomic mass is 16.7. The van der Waals surface area contributed by atoms with Gasteiger partial charge in [-0.25, -0.2) is 0 Å². The van der Waals surface area contributed by atoms with Crippen LogP contribution in [0.25, 0.3) is 0 Å². The number of ether oxygens (including phenoxy) is 2. The van der Waals surface area contributed by atoms with Crippen LogP contribution in [0.4, 0.5) is 0 Å². The fourth-order valence-electron chi connectivity index (χ4n) is 11.6. The summed E-state index contributed by atoms with van der Waals surface area (Å²) in [6.07, 6.45) is 18.4. The summed E-state index contributed by atoms with van der Waals surface area (Å²) in [7, 11) is 1.63. The maximum absolute atomic E-state index is 12.4. The van der Waals surface area contributed by atoms with Gasteiger partial charge in [-0.3, -0.25) is 9.59 Å². The first-order chi connectivity index (χ1) is 21.2. The maximum Gasteiger partial charge on any atom is 0.162 e. The van der Waals surface area contributed by atoms with Gasteiger partial charge in [0, 0.05) is 19.1 Å². The monoisotopic (exact) mass is 618 g/mol. The van der Waals surface area contributed by atoms with E-state index >= 15 is 0 Å². The highest BCUT2D eigenvalue weighted by molar-refractivity contribution is 5.79. The maximum atomic E-state index is 12.4. The molecule has 5 aliphatic carbocycles. The first kappa shape index (κ1) is 34.6. The number of hydrogen-bond donors (Lipinski definition) is 0. The third kappa shape index (κ3) is 6.41. The lowest BCUT2D eigenvalue weighted by Gasteiger charge is -2.58.